The average molecular weight is 350 g/mol. The van der Waals surface area contributed by atoms with Crippen molar-refractivity contribution < 1.29 is 13.6 Å². The lowest BCUT2D eigenvalue weighted by Gasteiger charge is -2.07. The van der Waals surface area contributed by atoms with Crippen LogP contribution in [0.25, 0.3) is 10.9 Å². The summed E-state index contributed by atoms with van der Waals surface area (Å²) in [6, 6.07) is 10.9. The normalized spacial score (nSPS) is 11.0. The summed E-state index contributed by atoms with van der Waals surface area (Å²) >= 11 is 3.37. The molecular formula is C16H10BrF2NO. The molecule has 3 aromatic rings. The van der Waals surface area contributed by atoms with E-state index in [0.29, 0.717) is 0 Å². The molecular weight excluding hydrogens is 340 g/mol. The number of aromatic nitrogens is 1. The second-order valence-corrected chi connectivity index (χ2v) is 5.58. The predicted molar refractivity (Wildman–Crippen MR) is 80.3 cm³/mol. The number of rotatable bonds is 3. The monoisotopic (exact) mass is 349 g/mol. The van der Waals surface area contributed by atoms with Crippen LogP contribution in [-0.4, -0.2) is 10.4 Å². The number of nitrogens with zero attached hydrogens (tertiary/aromatic N) is 1. The van der Waals surface area contributed by atoms with E-state index in [-0.39, 0.29) is 6.54 Å². The maximum atomic E-state index is 13.6. The highest BCUT2D eigenvalue weighted by Gasteiger charge is 2.17. The van der Waals surface area contributed by atoms with Crippen LogP contribution in [0, 0.1) is 11.6 Å². The van der Waals surface area contributed by atoms with Crippen molar-refractivity contribution in [2.45, 2.75) is 6.54 Å². The summed E-state index contributed by atoms with van der Waals surface area (Å²) in [4.78, 5) is 12.2. The van der Waals surface area contributed by atoms with Gasteiger partial charge in [-0.1, -0.05) is 22.0 Å². The van der Waals surface area contributed by atoms with E-state index < -0.39 is 23.0 Å². The van der Waals surface area contributed by atoms with Crippen LogP contribution < -0.4 is 0 Å². The largest absolute Gasteiger partial charge is 0.340 e. The van der Waals surface area contributed by atoms with Gasteiger partial charge in [0.2, 0.25) is 0 Å². The van der Waals surface area contributed by atoms with Crippen LogP contribution in [0.2, 0.25) is 0 Å². The Morgan fingerprint density at radius 3 is 2.52 bits per heavy atom. The molecule has 21 heavy (non-hydrogen) atoms. The van der Waals surface area contributed by atoms with Gasteiger partial charge in [0, 0.05) is 21.6 Å². The quantitative estimate of drug-likeness (QED) is 0.635. The Balaban J connectivity index is 1.97. The molecule has 1 heterocycles. The van der Waals surface area contributed by atoms with E-state index in [1.165, 1.54) is 6.07 Å². The van der Waals surface area contributed by atoms with Crippen LogP contribution in [0.3, 0.4) is 0 Å². The van der Waals surface area contributed by atoms with Crippen molar-refractivity contribution in [3.63, 3.8) is 0 Å². The zero-order chi connectivity index (χ0) is 15.0. The van der Waals surface area contributed by atoms with E-state index in [4.69, 9.17) is 0 Å². The topological polar surface area (TPSA) is 22.0 Å². The molecule has 0 bridgehead atoms. The van der Waals surface area contributed by atoms with E-state index in [9.17, 15) is 13.6 Å². The van der Waals surface area contributed by atoms with E-state index in [2.05, 4.69) is 15.9 Å². The second kappa shape index (κ2) is 5.41. The SMILES string of the molecule is O=C(Cn1ccc2cc(Br)ccc21)c1c(F)cccc1F. The van der Waals surface area contributed by atoms with Crippen molar-refractivity contribution in [2.75, 3.05) is 0 Å². The van der Waals surface area contributed by atoms with Gasteiger partial charge in [0.15, 0.2) is 5.78 Å². The van der Waals surface area contributed by atoms with Gasteiger partial charge in [0.25, 0.3) is 0 Å². The number of Topliss-reactive ketones (excluding diaryl/α,β-unsaturated/α-hetero) is 1. The summed E-state index contributed by atoms with van der Waals surface area (Å²) in [5.41, 5.74) is 0.347. The average Bonchev–Trinajstić information content (AvgIpc) is 2.80. The Bertz CT molecular complexity index is 821. The van der Waals surface area contributed by atoms with Gasteiger partial charge < -0.3 is 4.57 Å². The molecule has 2 aromatic carbocycles. The molecule has 3 rings (SSSR count). The van der Waals surface area contributed by atoms with Crippen molar-refractivity contribution in [3.8, 4) is 0 Å². The molecule has 1 aromatic heterocycles. The highest BCUT2D eigenvalue weighted by Crippen LogP contribution is 2.22. The molecule has 2 nitrogen and oxygen atoms in total. The minimum Gasteiger partial charge on any atom is -0.340 e. The number of hydrogen-bond acceptors (Lipinski definition) is 1. The summed E-state index contributed by atoms with van der Waals surface area (Å²) < 4.78 is 29.8. The van der Waals surface area contributed by atoms with E-state index in [0.717, 1.165) is 27.5 Å². The molecule has 0 unspecified atom stereocenters. The third-order valence-corrected chi connectivity index (χ3v) is 3.78. The van der Waals surface area contributed by atoms with Gasteiger partial charge in [-0.25, -0.2) is 8.78 Å². The Morgan fingerprint density at radius 1 is 1.10 bits per heavy atom. The first-order valence-corrected chi connectivity index (χ1v) is 7.07. The zero-order valence-electron chi connectivity index (χ0n) is 10.8. The number of halogens is 3. The fraction of sp³-hybridized carbons (Fsp3) is 0.0625. The Labute approximate surface area is 128 Å². The number of fused-ring (bicyclic) bond motifs is 1. The molecule has 0 spiro atoms. The fourth-order valence-electron chi connectivity index (χ4n) is 2.31. The summed E-state index contributed by atoms with van der Waals surface area (Å²) in [7, 11) is 0. The van der Waals surface area contributed by atoms with Gasteiger partial charge in [-0.05, 0) is 36.4 Å². The van der Waals surface area contributed by atoms with Gasteiger partial charge in [-0.2, -0.15) is 0 Å². The maximum Gasteiger partial charge on any atom is 0.188 e. The van der Waals surface area contributed by atoms with Crippen molar-refractivity contribution in [1.29, 1.82) is 0 Å². The fourth-order valence-corrected chi connectivity index (χ4v) is 2.69. The van der Waals surface area contributed by atoms with Crippen LogP contribution in [0.1, 0.15) is 10.4 Å². The Kier molecular flexibility index (Phi) is 3.59. The number of benzene rings is 2. The van der Waals surface area contributed by atoms with Crippen LogP contribution >= 0.6 is 15.9 Å². The highest BCUT2D eigenvalue weighted by atomic mass is 79.9. The standard InChI is InChI=1S/C16H10BrF2NO/c17-11-4-5-14-10(8-11)6-7-20(14)9-15(21)16-12(18)2-1-3-13(16)19/h1-8H,9H2. The van der Waals surface area contributed by atoms with E-state index >= 15 is 0 Å². The zero-order valence-corrected chi connectivity index (χ0v) is 12.4. The Hall–Kier alpha value is -2.01. The van der Waals surface area contributed by atoms with Crippen LogP contribution in [0.5, 0.6) is 0 Å². The van der Waals surface area contributed by atoms with Gasteiger partial charge in [-0.15, -0.1) is 0 Å². The van der Waals surface area contributed by atoms with Gasteiger partial charge in [-0.3, -0.25) is 4.79 Å². The van der Waals surface area contributed by atoms with Crippen molar-refractivity contribution in [3.05, 3.63) is 70.3 Å². The molecule has 0 N–H and O–H groups in total. The van der Waals surface area contributed by atoms with Crippen molar-refractivity contribution in [1.82, 2.24) is 4.57 Å². The molecule has 0 aliphatic carbocycles. The third-order valence-electron chi connectivity index (χ3n) is 3.29. The lowest BCUT2D eigenvalue weighted by Crippen LogP contribution is -2.13. The first kappa shape index (κ1) is 13.9. The number of ketones is 1. The van der Waals surface area contributed by atoms with E-state index in [1.54, 1.807) is 10.8 Å². The number of hydrogen-bond donors (Lipinski definition) is 0. The molecule has 0 atom stereocenters. The molecule has 0 amide bonds. The number of carbonyl (C=O) groups excluding carboxylic acids is 1. The minimum absolute atomic E-state index is 0.108. The Morgan fingerprint density at radius 2 is 1.81 bits per heavy atom. The minimum atomic E-state index is -0.834. The lowest BCUT2D eigenvalue weighted by atomic mass is 10.1. The summed E-state index contributed by atoms with van der Waals surface area (Å²) in [6.07, 6.45) is 1.73. The number of carbonyl (C=O) groups is 1. The molecule has 0 radical (unpaired) electrons. The van der Waals surface area contributed by atoms with Gasteiger partial charge in [0.1, 0.15) is 11.6 Å². The first-order chi connectivity index (χ1) is 10.1. The molecule has 106 valence electrons. The van der Waals surface area contributed by atoms with Crippen LogP contribution in [0.4, 0.5) is 8.78 Å². The van der Waals surface area contributed by atoms with Crippen LogP contribution in [0.15, 0.2) is 53.1 Å². The van der Waals surface area contributed by atoms with Crippen molar-refractivity contribution >= 4 is 32.6 Å². The smallest absolute Gasteiger partial charge is 0.188 e. The molecule has 0 aliphatic heterocycles. The second-order valence-electron chi connectivity index (χ2n) is 4.67. The summed E-state index contributed by atoms with van der Waals surface area (Å²) in [6.45, 7) is -0.108. The predicted octanol–water partition coefficient (Wildman–Crippen LogP) is 4.56. The summed E-state index contributed by atoms with van der Waals surface area (Å²) in [5, 5.41) is 0.950. The molecule has 0 aliphatic rings. The van der Waals surface area contributed by atoms with Crippen LogP contribution in [-0.2, 0) is 6.54 Å². The molecule has 0 fully saturated rings. The van der Waals surface area contributed by atoms with Gasteiger partial charge >= 0.3 is 0 Å². The maximum absolute atomic E-state index is 13.6. The molecule has 5 heteroatoms. The lowest BCUT2D eigenvalue weighted by molar-refractivity contribution is 0.0965. The summed E-state index contributed by atoms with van der Waals surface area (Å²) in [5.74, 6) is -2.26. The molecule has 0 saturated heterocycles. The van der Waals surface area contributed by atoms with E-state index in [1.807, 2.05) is 24.3 Å². The van der Waals surface area contributed by atoms with Crippen molar-refractivity contribution in [2.24, 2.45) is 0 Å². The third kappa shape index (κ3) is 2.61. The van der Waals surface area contributed by atoms with Gasteiger partial charge in [0.05, 0.1) is 12.1 Å². The highest BCUT2D eigenvalue weighted by molar-refractivity contribution is 9.10. The molecule has 0 saturated carbocycles. The first-order valence-electron chi connectivity index (χ1n) is 6.28.